The zero-order valence-corrected chi connectivity index (χ0v) is 9.41. The van der Waals surface area contributed by atoms with Crippen LogP contribution in [0.2, 0.25) is 24.4 Å². The highest BCUT2D eigenvalue weighted by Crippen LogP contribution is 2.35. The van der Waals surface area contributed by atoms with Crippen molar-refractivity contribution in [3.8, 4) is 0 Å². The second kappa shape index (κ2) is 2.44. The average Bonchev–Trinajstić information content (AvgIpc) is 1.85. The molecule has 1 aliphatic heterocycles. The molecule has 60 valence electrons. The lowest BCUT2D eigenvalue weighted by molar-refractivity contribution is 1.02. The zero-order chi connectivity index (χ0) is 7.83. The van der Waals surface area contributed by atoms with Crippen LogP contribution < -0.4 is 9.96 Å². The number of rotatable bonds is 2. The Kier molecular flexibility index (Phi) is 2.06. The van der Waals surface area contributed by atoms with Gasteiger partial charge in [0, 0.05) is 0 Å². The van der Waals surface area contributed by atoms with E-state index in [9.17, 15) is 0 Å². The molecule has 0 spiro atoms. The molecule has 0 aromatic heterocycles. The van der Waals surface area contributed by atoms with E-state index in [4.69, 9.17) is 0 Å². The second-order valence-corrected chi connectivity index (χ2v) is 14.0. The van der Waals surface area contributed by atoms with Crippen molar-refractivity contribution in [3.63, 3.8) is 0 Å². The van der Waals surface area contributed by atoms with Crippen molar-refractivity contribution in [1.29, 1.82) is 0 Å². The van der Waals surface area contributed by atoms with Crippen LogP contribution in [0.15, 0.2) is 0 Å². The summed E-state index contributed by atoms with van der Waals surface area (Å²) >= 11 is 0. The molecule has 0 unspecified atom stereocenters. The van der Waals surface area contributed by atoms with Crippen LogP contribution in [-0.4, -0.2) is 30.6 Å². The Morgan fingerprint density at radius 3 is 1.40 bits per heavy atom. The summed E-state index contributed by atoms with van der Waals surface area (Å²) < 4.78 is 0. The molecule has 0 bridgehead atoms. The molecule has 1 fully saturated rings. The molecule has 0 amide bonds. The number of hydrogen-bond acceptors (Lipinski definition) is 2. The van der Waals surface area contributed by atoms with Gasteiger partial charge in [0.05, 0.1) is 0 Å². The highest BCUT2D eigenvalue weighted by Gasteiger charge is 2.50. The van der Waals surface area contributed by atoms with Crippen molar-refractivity contribution in [3.05, 3.63) is 0 Å². The van der Waals surface area contributed by atoms with Gasteiger partial charge < -0.3 is 9.96 Å². The van der Waals surface area contributed by atoms with Crippen molar-refractivity contribution in [2.45, 2.75) is 24.4 Å². The van der Waals surface area contributed by atoms with Gasteiger partial charge in [-0.1, -0.05) is 13.1 Å². The van der Waals surface area contributed by atoms with Crippen molar-refractivity contribution in [2.75, 3.05) is 14.1 Å². The summed E-state index contributed by atoms with van der Waals surface area (Å²) in [4.78, 5) is 7.00. The first-order valence-corrected chi connectivity index (χ1v) is 9.74. The van der Waals surface area contributed by atoms with Crippen molar-refractivity contribution < 1.29 is 0 Å². The summed E-state index contributed by atoms with van der Waals surface area (Å²) in [6.45, 7) is 4.89. The molecule has 0 atom stereocenters. The monoisotopic (exact) mass is 174 g/mol. The first-order chi connectivity index (χ1) is 4.54. The Morgan fingerprint density at radius 2 is 1.20 bits per heavy atom. The Labute approximate surface area is 65.6 Å². The molecule has 2 nitrogen and oxygen atoms in total. The third-order valence-corrected chi connectivity index (χ3v) is 17.7. The summed E-state index contributed by atoms with van der Waals surface area (Å²) in [5, 5.41) is 0. The van der Waals surface area contributed by atoms with E-state index in [0.29, 0.717) is 0 Å². The fourth-order valence-electron chi connectivity index (χ4n) is 2.02. The van der Waals surface area contributed by atoms with Gasteiger partial charge >= 0.3 is 0 Å². The molecule has 1 rings (SSSR count). The van der Waals surface area contributed by atoms with Crippen molar-refractivity contribution in [2.24, 2.45) is 0 Å². The standard InChI is InChI=1S/C6H18N2Si2/c1-7-9(3)5-10(4,6-9)8-2/h7-8H,5-6H2,1-4H3. The van der Waals surface area contributed by atoms with Gasteiger partial charge in [0.1, 0.15) is 16.5 Å². The minimum absolute atomic E-state index is 0.878. The van der Waals surface area contributed by atoms with Crippen LogP contribution in [0.3, 0.4) is 0 Å². The highest BCUT2D eigenvalue weighted by molar-refractivity contribution is 7.10. The number of hydrogen-bond donors (Lipinski definition) is 2. The Balaban J connectivity index is 2.42. The molecule has 0 aromatic carbocycles. The van der Waals surface area contributed by atoms with Crippen LogP contribution in [-0.2, 0) is 0 Å². The van der Waals surface area contributed by atoms with E-state index in [1.807, 2.05) is 0 Å². The van der Waals surface area contributed by atoms with E-state index < -0.39 is 16.5 Å². The zero-order valence-electron chi connectivity index (χ0n) is 7.41. The van der Waals surface area contributed by atoms with Crippen LogP contribution in [0.1, 0.15) is 0 Å². The lowest BCUT2D eigenvalue weighted by atomic mass is 11.6. The number of nitrogens with one attached hydrogen (secondary N) is 2. The van der Waals surface area contributed by atoms with E-state index in [1.165, 1.54) is 11.3 Å². The first-order valence-electron chi connectivity index (χ1n) is 3.91. The maximum Gasteiger partial charge on any atom is 0.119 e. The SMILES string of the molecule is CN[Si]1(C)C[Si](C)(NC)C1. The molecule has 0 aliphatic carbocycles. The van der Waals surface area contributed by atoms with Crippen LogP contribution >= 0.6 is 0 Å². The Hall–Kier alpha value is 0.354. The van der Waals surface area contributed by atoms with Crippen LogP contribution in [0.25, 0.3) is 0 Å². The highest BCUT2D eigenvalue weighted by atomic mass is 28.5. The molecule has 1 saturated heterocycles. The third kappa shape index (κ3) is 1.34. The van der Waals surface area contributed by atoms with E-state index in [-0.39, 0.29) is 0 Å². The van der Waals surface area contributed by atoms with Gasteiger partial charge in [-0.3, -0.25) is 0 Å². The van der Waals surface area contributed by atoms with E-state index in [0.717, 1.165) is 0 Å². The molecule has 10 heavy (non-hydrogen) atoms. The largest absolute Gasteiger partial charge is 0.340 e. The molecule has 1 aliphatic rings. The summed E-state index contributed by atoms with van der Waals surface area (Å²) in [6.07, 6.45) is 0. The fraction of sp³-hybridized carbons (Fsp3) is 1.00. The van der Waals surface area contributed by atoms with Crippen LogP contribution in [0.5, 0.6) is 0 Å². The Morgan fingerprint density at radius 1 is 0.900 bits per heavy atom. The minimum Gasteiger partial charge on any atom is -0.340 e. The van der Waals surface area contributed by atoms with Gasteiger partial charge in [-0.25, -0.2) is 0 Å². The van der Waals surface area contributed by atoms with Gasteiger partial charge in [-0.15, -0.1) is 0 Å². The van der Waals surface area contributed by atoms with Crippen LogP contribution in [0.4, 0.5) is 0 Å². The van der Waals surface area contributed by atoms with Gasteiger partial charge in [0.2, 0.25) is 0 Å². The van der Waals surface area contributed by atoms with Crippen molar-refractivity contribution >= 4 is 16.5 Å². The van der Waals surface area contributed by atoms with Crippen LogP contribution in [0, 0.1) is 0 Å². The summed E-state index contributed by atoms with van der Waals surface area (Å²) in [5.41, 5.74) is 3.01. The van der Waals surface area contributed by atoms with E-state index in [1.54, 1.807) is 0 Å². The first kappa shape index (κ1) is 8.45. The van der Waals surface area contributed by atoms with Gasteiger partial charge in [-0.05, 0) is 25.4 Å². The van der Waals surface area contributed by atoms with Gasteiger partial charge in [-0.2, -0.15) is 0 Å². The predicted molar refractivity (Wildman–Crippen MR) is 51.0 cm³/mol. The normalized spacial score (nSPS) is 46.8. The maximum atomic E-state index is 3.50. The quantitative estimate of drug-likeness (QED) is 0.601. The fourth-order valence-corrected chi connectivity index (χ4v) is 18.2. The summed E-state index contributed by atoms with van der Waals surface area (Å²) in [6, 6.07) is 0. The molecule has 0 aromatic rings. The van der Waals surface area contributed by atoms with Gasteiger partial charge in [0.25, 0.3) is 0 Å². The third-order valence-electron chi connectivity index (χ3n) is 2.77. The topological polar surface area (TPSA) is 24.1 Å². The molecule has 2 N–H and O–H groups in total. The molecule has 4 heteroatoms. The minimum atomic E-state index is -0.878. The molecule has 0 saturated carbocycles. The van der Waals surface area contributed by atoms with Crippen molar-refractivity contribution in [1.82, 2.24) is 9.96 Å². The molecular weight excluding hydrogens is 156 g/mol. The molecule has 0 radical (unpaired) electrons. The Bertz CT molecular complexity index is 118. The lowest BCUT2D eigenvalue weighted by Gasteiger charge is -2.49. The average molecular weight is 174 g/mol. The second-order valence-electron chi connectivity index (χ2n) is 3.97. The molecule has 1 heterocycles. The van der Waals surface area contributed by atoms with E-state index in [2.05, 4.69) is 37.2 Å². The summed E-state index contributed by atoms with van der Waals surface area (Å²) in [5.74, 6) is 0. The smallest absolute Gasteiger partial charge is 0.119 e. The predicted octanol–water partition coefficient (Wildman–Crippen LogP) is 0.668. The van der Waals surface area contributed by atoms with E-state index >= 15 is 0 Å². The molecular formula is C6H18N2Si2. The summed E-state index contributed by atoms with van der Waals surface area (Å²) in [7, 11) is 2.49. The van der Waals surface area contributed by atoms with Gasteiger partial charge in [0.15, 0.2) is 0 Å². The maximum absolute atomic E-state index is 3.50. The lowest BCUT2D eigenvalue weighted by Crippen LogP contribution is -2.71.